The lowest BCUT2D eigenvalue weighted by Gasteiger charge is -2.03. The van der Waals surface area contributed by atoms with Crippen molar-refractivity contribution in [3.05, 3.63) is 35.7 Å². The van der Waals surface area contributed by atoms with Crippen molar-refractivity contribution in [2.24, 2.45) is 0 Å². The molecule has 1 aromatic heterocycles. The first-order valence-corrected chi connectivity index (χ1v) is 6.25. The second-order valence-corrected chi connectivity index (χ2v) is 4.45. The molecule has 2 aromatic rings. The normalized spacial score (nSPS) is 12.1. The van der Waals surface area contributed by atoms with Crippen molar-refractivity contribution in [3.63, 3.8) is 0 Å². The van der Waals surface area contributed by atoms with Crippen molar-refractivity contribution in [2.45, 2.75) is 13.0 Å². The Labute approximate surface area is 113 Å². The standard InChI is InChI=1S/C12H12N2O4S/c1-7(17-2)10-13-12(19-14-10)18-9-5-3-4-8(6-9)11(15)16/h3-7H,1-2H3,(H,15,16). The molecule has 1 N–H and O–H groups in total. The second-order valence-electron chi connectivity index (χ2n) is 3.73. The highest BCUT2D eigenvalue weighted by Crippen LogP contribution is 2.26. The average Bonchev–Trinajstić information content (AvgIpc) is 2.86. The van der Waals surface area contributed by atoms with Crippen LogP contribution in [0, 0.1) is 0 Å². The quantitative estimate of drug-likeness (QED) is 0.906. The van der Waals surface area contributed by atoms with Gasteiger partial charge in [-0.25, -0.2) is 4.79 Å². The number of carboxylic acids is 1. The van der Waals surface area contributed by atoms with Crippen LogP contribution in [0.5, 0.6) is 10.9 Å². The van der Waals surface area contributed by atoms with Crippen LogP contribution in [-0.2, 0) is 4.74 Å². The highest BCUT2D eigenvalue weighted by atomic mass is 32.1. The molecule has 1 atom stereocenters. The molecule has 0 saturated heterocycles. The molecule has 0 spiro atoms. The van der Waals surface area contributed by atoms with Gasteiger partial charge in [0.15, 0.2) is 5.82 Å². The van der Waals surface area contributed by atoms with Crippen LogP contribution in [0.3, 0.4) is 0 Å². The zero-order chi connectivity index (χ0) is 13.8. The van der Waals surface area contributed by atoms with Crippen LogP contribution in [0.15, 0.2) is 24.3 Å². The van der Waals surface area contributed by atoms with Gasteiger partial charge in [0, 0.05) is 18.6 Å². The third-order valence-electron chi connectivity index (χ3n) is 2.43. The molecule has 1 heterocycles. The van der Waals surface area contributed by atoms with Crippen molar-refractivity contribution in [2.75, 3.05) is 7.11 Å². The molecule has 0 radical (unpaired) electrons. The minimum absolute atomic E-state index is 0.160. The molecular formula is C12H12N2O4S. The molecule has 0 saturated carbocycles. The van der Waals surface area contributed by atoms with E-state index in [0.717, 1.165) is 11.5 Å². The molecule has 100 valence electrons. The maximum absolute atomic E-state index is 10.8. The summed E-state index contributed by atoms with van der Waals surface area (Å²) in [5, 5.41) is 9.24. The minimum atomic E-state index is -1.00. The fraction of sp³-hybridized carbons (Fsp3) is 0.250. The van der Waals surface area contributed by atoms with Gasteiger partial charge < -0.3 is 14.6 Å². The third kappa shape index (κ3) is 3.27. The van der Waals surface area contributed by atoms with E-state index in [-0.39, 0.29) is 11.7 Å². The van der Waals surface area contributed by atoms with Crippen LogP contribution >= 0.6 is 11.5 Å². The zero-order valence-electron chi connectivity index (χ0n) is 10.4. The predicted molar refractivity (Wildman–Crippen MR) is 68.8 cm³/mol. The summed E-state index contributed by atoms with van der Waals surface area (Å²) in [6.45, 7) is 1.83. The van der Waals surface area contributed by atoms with Gasteiger partial charge >= 0.3 is 5.97 Å². The number of aromatic carboxylic acids is 1. The topological polar surface area (TPSA) is 81.5 Å². The Morgan fingerprint density at radius 1 is 1.47 bits per heavy atom. The maximum atomic E-state index is 10.8. The van der Waals surface area contributed by atoms with E-state index in [0.29, 0.717) is 16.8 Å². The van der Waals surface area contributed by atoms with E-state index < -0.39 is 5.97 Å². The summed E-state index contributed by atoms with van der Waals surface area (Å²) in [6.07, 6.45) is -0.209. The molecule has 1 aromatic carbocycles. The minimum Gasteiger partial charge on any atom is -0.478 e. The van der Waals surface area contributed by atoms with E-state index in [1.807, 2.05) is 6.92 Å². The highest BCUT2D eigenvalue weighted by molar-refractivity contribution is 7.07. The lowest BCUT2D eigenvalue weighted by atomic mass is 10.2. The first kappa shape index (κ1) is 13.4. The first-order valence-electron chi connectivity index (χ1n) is 5.47. The molecule has 0 amide bonds. The smallest absolute Gasteiger partial charge is 0.335 e. The summed E-state index contributed by atoms with van der Waals surface area (Å²) in [5.74, 6) is -0.0547. The molecule has 0 aliphatic heterocycles. The molecular weight excluding hydrogens is 268 g/mol. The number of carboxylic acid groups (broad SMARTS) is 1. The summed E-state index contributed by atoms with van der Waals surface area (Å²) in [6, 6.07) is 6.20. The van der Waals surface area contributed by atoms with Gasteiger partial charge in [-0.05, 0) is 25.1 Å². The summed E-state index contributed by atoms with van der Waals surface area (Å²) in [5.41, 5.74) is 0.160. The van der Waals surface area contributed by atoms with E-state index in [1.54, 1.807) is 19.2 Å². The molecule has 6 nitrogen and oxygen atoms in total. The van der Waals surface area contributed by atoms with Crippen molar-refractivity contribution in [3.8, 4) is 10.9 Å². The number of methoxy groups -OCH3 is 1. The molecule has 0 bridgehead atoms. The van der Waals surface area contributed by atoms with Crippen LogP contribution in [0.4, 0.5) is 0 Å². The van der Waals surface area contributed by atoms with Crippen molar-refractivity contribution >= 4 is 17.5 Å². The van der Waals surface area contributed by atoms with Gasteiger partial charge in [0.25, 0.3) is 5.19 Å². The molecule has 0 aliphatic carbocycles. The Bertz CT molecular complexity index is 585. The highest BCUT2D eigenvalue weighted by Gasteiger charge is 2.13. The average molecular weight is 280 g/mol. The van der Waals surface area contributed by atoms with E-state index >= 15 is 0 Å². The summed E-state index contributed by atoms with van der Waals surface area (Å²) < 4.78 is 14.7. The molecule has 1 unspecified atom stereocenters. The van der Waals surface area contributed by atoms with Crippen molar-refractivity contribution in [1.29, 1.82) is 0 Å². The lowest BCUT2D eigenvalue weighted by Crippen LogP contribution is -1.98. The van der Waals surface area contributed by atoms with Gasteiger partial charge in [-0.3, -0.25) is 0 Å². The molecule has 0 aliphatic rings. The molecule has 0 fully saturated rings. The van der Waals surface area contributed by atoms with Crippen LogP contribution in [0.25, 0.3) is 0 Å². The van der Waals surface area contributed by atoms with Crippen LogP contribution in [0.2, 0.25) is 0 Å². The Balaban J connectivity index is 2.15. The SMILES string of the molecule is COC(C)c1nsc(Oc2cccc(C(=O)O)c2)n1. The summed E-state index contributed by atoms with van der Waals surface area (Å²) in [7, 11) is 1.57. The van der Waals surface area contributed by atoms with Crippen molar-refractivity contribution in [1.82, 2.24) is 9.36 Å². The van der Waals surface area contributed by atoms with Gasteiger partial charge in [-0.2, -0.15) is 9.36 Å². The molecule has 19 heavy (non-hydrogen) atoms. The summed E-state index contributed by atoms with van der Waals surface area (Å²) >= 11 is 1.09. The number of carbonyl (C=O) groups is 1. The zero-order valence-corrected chi connectivity index (χ0v) is 11.2. The largest absolute Gasteiger partial charge is 0.478 e. The molecule has 2 rings (SSSR count). The summed E-state index contributed by atoms with van der Waals surface area (Å²) in [4.78, 5) is 15.0. The van der Waals surface area contributed by atoms with Gasteiger partial charge in [-0.15, -0.1) is 0 Å². The number of rotatable bonds is 5. The Kier molecular flexibility index (Phi) is 4.08. The van der Waals surface area contributed by atoms with Gasteiger partial charge in [0.2, 0.25) is 0 Å². The third-order valence-corrected chi connectivity index (χ3v) is 3.04. The number of aromatic nitrogens is 2. The van der Waals surface area contributed by atoms with Gasteiger partial charge in [-0.1, -0.05) is 6.07 Å². The van der Waals surface area contributed by atoms with Crippen molar-refractivity contribution < 1.29 is 19.4 Å². The molecule has 7 heteroatoms. The Morgan fingerprint density at radius 2 is 2.26 bits per heavy atom. The van der Waals surface area contributed by atoms with Crippen LogP contribution in [-0.4, -0.2) is 27.5 Å². The van der Waals surface area contributed by atoms with E-state index in [4.69, 9.17) is 14.6 Å². The number of nitrogens with zero attached hydrogens (tertiary/aromatic N) is 2. The van der Waals surface area contributed by atoms with Crippen LogP contribution in [0.1, 0.15) is 29.2 Å². The maximum Gasteiger partial charge on any atom is 0.335 e. The van der Waals surface area contributed by atoms with Gasteiger partial charge in [0.05, 0.1) is 5.56 Å². The number of benzene rings is 1. The van der Waals surface area contributed by atoms with E-state index in [9.17, 15) is 4.79 Å². The fourth-order valence-corrected chi connectivity index (χ4v) is 1.95. The van der Waals surface area contributed by atoms with E-state index in [1.165, 1.54) is 12.1 Å². The Morgan fingerprint density at radius 3 is 2.95 bits per heavy atom. The first-order chi connectivity index (χ1) is 9.10. The lowest BCUT2D eigenvalue weighted by molar-refractivity contribution is 0.0696. The van der Waals surface area contributed by atoms with Gasteiger partial charge in [0.1, 0.15) is 11.9 Å². The predicted octanol–water partition coefficient (Wildman–Crippen LogP) is 2.74. The Hall–Kier alpha value is -1.99. The fourth-order valence-electron chi connectivity index (χ4n) is 1.33. The number of hydrogen-bond acceptors (Lipinski definition) is 6. The monoisotopic (exact) mass is 280 g/mol. The van der Waals surface area contributed by atoms with E-state index in [2.05, 4.69) is 9.36 Å². The second kappa shape index (κ2) is 5.77. The van der Waals surface area contributed by atoms with Crippen LogP contribution < -0.4 is 4.74 Å². The number of hydrogen-bond donors (Lipinski definition) is 1. The number of ether oxygens (including phenoxy) is 2.